The maximum Gasteiger partial charge on any atom is 0.257 e. The van der Waals surface area contributed by atoms with Crippen LogP contribution < -0.4 is 5.32 Å². The molecule has 1 saturated heterocycles. The van der Waals surface area contributed by atoms with E-state index in [0.717, 1.165) is 0 Å². The predicted octanol–water partition coefficient (Wildman–Crippen LogP) is 3.72. The van der Waals surface area contributed by atoms with E-state index in [1.807, 2.05) is 0 Å². The molecule has 7 heteroatoms. The molecule has 1 aliphatic heterocycles. The van der Waals surface area contributed by atoms with E-state index < -0.39 is 0 Å². The molecule has 0 bridgehead atoms. The van der Waals surface area contributed by atoms with Gasteiger partial charge in [0.25, 0.3) is 11.8 Å². The third-order valence-electron chi connectivity index (χ3n) is 3.88. The first-order chi connectivity index (χ1) is 12.1. The van der Waals surface area contributed by atoms with Crippen LogP contribution in [0.1, 0.15) is 20.7 Å². The molecule has 1 N–H and O–H groups in total. The molecule has 1 aliphatic rings. The van der Waals surface area contributed by atoms with E-state index >= 15 is 0 Å². The van der Waals surface area contributed by atoms with Crippen molar-refractivity contribution in [2.75, 3.05) is 31.6 Å². The van der Waals surface area contributed by atoms with Crippen LogP contribution in [0.3, 0.4) is 0 Å². The van der Waals surface area contributed by atoms with Crippen molar-refractivity contribution in [3.05, 3.63) is 63.6 Å². The molecule has 0 atom stereocenters. The fraction of sp³-hybridized carbons (Fsp3) is 0.222. The van der Waals surface area contributed by atoms with E-state index in [-0.39, 0.29) is 11.8 Å². The molecule has 0 spiro atoms. The Bertz CT molecular complexity index is 805. The normalized spacial score (nSPS) is 14.2. The summed E-state index contributed by atoms with van der Waals surface area (Å²) in [5.41, 5.74) is 1.16. The van der Waals surface area contributed by atoms with Crippen LogP contribution in [-0.4, -0.2) is 43.0 Å². The lowest BCUT2D eigenvalue weighted by atomic mass is 10.1. The van der Waals surface area contributed by atoms with Gasteiger partial charge in [-0.05, 0) is 30.3 Å². The van der Waals surface area contributed by atoms with Crippen LogP contribution in [0.25, 0.3) is 0 Å². The monoisotopic (exact) mass is 378 g/mol. The van der Waals surface area contributed by atoms with Crippen LogP contribution in [0.5, 0.6) is 0 Å². The van der Waals surface area contributed by atoms with E-state index in [4.69, 9.17) is 27.9 Å². The summed E-state index contributed by atoms with van der Waals surface area (Å²) >= 11 is 12.2. The number of morpholine rings is 1. The number of hydrogen-bond donors (Lipinski definition) is 1. The number of halogens is 2. The van der Waals surface area contributed by atoms with Gasteiger partial charge in [-0.3, -0.25) is 9.59 Å². The molecule has 2 aromatic carbocycles. The maximum atomic E-state index is 12.6. The van der Waals surface area contributed by atoms with E-state index in [1.165, 1.54) is 0 Å². The van der Waals surface area contributed by atoms with Crippen LogP contribution in [0.15, 0.2) is 42.5 Å². The molecule has 3 rings (SSSR count). The molecule has 25 heavy (non-hydrogen) atoms. The van der Waals surface area contributed by atoms with Gasteiger partial charge in [-0.1, -0.05) is 35.3 Å². The Labute approximate surface area is 155 Å². The zero-order valence-corrected chi connectivity index (χ0v) is 14.8. The summed E-state index contributed by atoms with van der Waals surface area (Å²) in [5, 5.41) is 3.41. The van der Waals surface area contributed by atoms with Gasteiger partial charge in [-0.25, -0.2) is 0 Å². The van der Waals surface area contributed by atoms with E-state index in [1.54, 1.807) is 47.4 Å². The molecule has 0 unspecified atom stereocenters. The van der Waals surface area contributed by atoms with Crippen molar-refractivity contribution in [2.24, 2.45) is 0 Å². The van der Waals surface area contributed by atoms with Gasteiger partial charge in [-0.15, -0.1) is 0 Å². The van der Waals surface area contributed by atoms with Gasteiger partial charge in [0, 0.05) is 18.7 Å². The van der Waals surface area contributed by atoms with Gasteiger partial charge < -0.3 is 15.0 Å². The fourth-order valence-corrected chi connectivity index (χ4v) is 2.92. The smallest absolute Gasteiger partial charge is 0.257 e. The van der Waals surface area contributed by atoms with Crippen molar-refractivity contribution >= 4 is 40.7 Å². The van der Waals surface area contributed by atoms with Crippen molar-refractivity contribution in [3.63, 3.8) is 0 Å². The Hall–Kier alpha value is -2.08. The van der Waals surface area contributed by atoms with Crippen LogP contribution in [-0.2, 0) is 4.74 Å². The van der Waals surface area contributed by atoms with Crippen LogP contribution >= 0.6 is 23.2 Å². The third-order valence-corrected chi connectivity index (χ3v) is 4.54. The average Bonchev–Trinajstić information content (AvgIpc) is 2.64. The first kappa shape index (κ1) is 17.7. The van der Waals surface area contributed by atoms with Crippen molar-refractivity contribution in [1.82, 2.24) is 4.90 Å². The number of carbonyl (C=O) groups is 2. The Morgan fingerprint density at radius 2 is 1.72 bits per heavy atom. The van der Waals surface area contributed by atoms with E-state index in [2.05, 4.69) is 5.32 Å². The van der Waals surface area contributed by atoms with Crippen LogP contribution in [0.4, 0.5) is 5.69 Å². The van der Waals surface area contributed by atoms with Gasteiger partial charge >= 0.3 is 0 Å². The fourth-order valence-electron chi connectivity index (χ4n) is 2.54. The minimum Gasteiger partial charge on any atom is -0.378 e. The highest BCUT2D eigenvalue weighted by Crippen LogP contribution is 2.25. The minimum absolute atomic E-state index is 0.117. The Morgan fingerprint density at radius 1 is 1.00 bits per heavy atom. The Morgan fingerprint density at radius 3 is 2.44 bits per heavy atom. The lowest BCUT2D eigenvalue weighted by Crippen LogP contribution is -2.40. The molecule has 0 aliphatic carbocycles. The number of nitrogens with one attached hydrogen (secondary N) is 1. The highest BCUT2D eigenvalue weighted by Gasteiger charge is 2.20. The first-order valence-corrected chi connectivity index (χ1v) is 8.54. The predicted molar refractivity (Wildman–Crippen MR) is 97.6 cm³/mol. The summed E-state index contributed by atoms with van der Waals surface area (Å²) in [7, 11) is 0. The molecule has 5 nitrogen and oxygen atoms in total. The van der Waals surface area contributed by atoms with Crippen molar-refractivity contribution in [1.29, 1.82) is 0 Å². The summed E-state index contributed by atoms with van der Waals surface area (Å²) in [6, 6.07) is 11.5. The number of amides is 2. The molecule has 2 amide bonds. The molecular weight excluding hydrogens is 363 g/mol. The largest absolute Gasteiger partial charge is 0.378 e. The molecule has 0 saturated carbocycles. The Balaban J connectivity index is 1.81. The van der Waals surface area contributed by atoms with Crippen LogP contribution in [0.2, 0.25) is 10.0 Å². The van der Waals surface area contributed by atoms with Gasteiger partial charge in [0.15, 0.2) is 0 Å². The third kappa shape index (κ3) is 4.12. The Kier molecular flexibility index (Phi) is 5.58. The standard InChI is InChI=1S/C18H16Cl2N2O3/c19-14-4-2-1-3-13(14)17(23)21-16-11-12(5-6-15(16)20)18(24)22-7-9-25-10-8-22/h1-6,11H,7-10H2,(H,21,23). The number of carbonyl (C=O) groups excluding carboxylic acids is 2. The zero-order chi connectivity index (χ0) is 17.8. The number of rotatable bonds is 3. The topological polar surface area (TPSA) is 58.6 Å². The molecule has 130 valence electrons. The number of hydrogen-bond acceptors (Lipinski definition) is 3. The number of anilines is 1. The molecule has 0 aromatic heterocycles. The lowest BCUT2D eigenvalue weighted by Gasteiger charge is -2.27. The molecule has 1 fully saturated rings. The number of nitrogens with zero attached hydrogens (tertiary/aromatic N) is 1. The van der Waals surface area contributed by atoms with Crippen molar-refractivity contribution in [2.45, 2.75) is 0 Å². The highest BCUT2D eigenvalue weighted by molar-refractivity contribution is 6.36. The van der Waals surface area contributed by atoms with Crippen molar-refractivity contribution in [3.8, 4) is 0 Å². The van der Waals surface area contributed by atoms with Gasteiger partial charge in [0.05, 0.1) is 34.5 Å². The summed E-state index contributed by atoms with van der Waals surface area (Å²) in [6.45, 7) is 2.14. The highest BCUT2D eigenvalue weighted by atomic mass is 35.5. The zero-order valence-electron chi connectivity index (χ0n) is 13.3. The summed E-state index contributed by atoms with van der Waals surface area (Å²) in [4.78, 5) is 26.7. The summed E-state index contributed by atoms with van der Waals surface area (Å²) in [6.07, 6.45) is 0. The molecule has 1 heterocycles. The molecular formula is C18H16Cl2N2O3. The second kappa shape index (κ2) is 7.87. The second-order valence-corrected chi connectivity index (χ2v) is 6.35. The first-order valence-electron chi connectivity index (χ1n) is 7.79. The number of benzene rings is 2. The summed E-state index contributed by atoms with van der Waals surface area (Å²) in [5.74, 6) is -0.503. The van der Waals surface area contributed by atoms with E-state index in [0.29, 0.717) is 53.2 Å². The minimum atomic E-state index is -0.386. The summed E-state index contributed by atoms with van der Waals surface area (Å²) < 4.78 is 5.26. The molecule has 0 radical (unpaired) electrons. The lowest BCUT2D eigenvalue weighted by molar-refractivity contribution is 0.0303. The second-order valence-electron chi connectivity index (χ2n) is 5.53. The van der Waals surface area contributed by atoms with Gasteiger partial charge in [0.1, 0.15) is 0 Å². The molecule has 2 aromatic rings. The van der Waals surface area contributed by atoms with Crippen LogP contribution in [0, 0.1) is 0 Å². The van der Waals surface area contributed by atoms with Gasteiger partial charge in [-0.2, -0.15) is 0 Å². The van der Waals surface area contributed by atoms with Crippen molar-refractivity contribution < 1.29 is 14.3 Å². The quantitative estimate of drug-likeness (QED) is 0.885. The number of ether oxygens (including phenoxy) is 1. The SMILES string of the molecule is O=C(Nc1cc(C(=O)N2CCOCC2)ccc1Cl)c1ccccc1Cl. The van der Waals surface area contributed by atoms with E-state index in [9.17, 15) is 9.59 Å². The average molecular weight is 379 g/mol. The van der Waals surface area contributed by atoms with Gasteiger partial charge in [0.2, 0.25) is 0 Å². The maximum absolute atomic E-state index is 12.6.